The zero-order valence-electron chi connectivity index (χ0n) is 12.2. The van der Waals surface area contributed by atoms with Crippen molar-refractivity contribution in [2.75, 3.05) is 0 Å². The number of benzene rings is 1. The number of hydrogen-bond donors (Lipinski definition) is 0. The lowest BCUT2D eigenvalue weighted by molar-refractivity contribution is -0.0649. The van der Waals surface area contributed by atoms with Crippen molar-refractivity contribution in [3.63, 3.8) is 0 Å². The van der Waals surface area contributed by atoms with E-state index in [1.54, 1.807) is 0 Å². The predicted molar refractivity (Wildman–Crippen MR) is 81.1 cm³/mol. The van der Waals surface area contributed by atoms with Crippen LogP contribution in [0.2, 0.25) is 0 Å². The van der Waals surface area contributed by atoms with E-state index in [2.05, 4.69) is 69.3 Å². The molecule has 0 spiro atoms. The van der Waals surface area contributed by atoms with Crippen LogP contribution in [0.15, 0.2) is 54.1 Å². The average molecular weight is 256 g/mol. The zero-order valence-corrected chi connectivity index (χ0v) is 12.2. The van der Waals surface area contributed by atoms with Crippen molar-refractivity contribution in [3.8, 4) is 0 Å². The Hall–Kier alpha value is -1.34. The Morgan fingerprint density at radius 2 is 1.89 bits per heavy atom. The Kier molecular flexibility index (Phi) is 4.60. The molecular weight excluding hydrogens is 232 g/mol. The molecule has 0 fully saturated rings. The van der Waals surface area contributed by atoms with Crippen molar-refractivity contribution in [1.82, 2.24) is 0 Å². The largest absolute Gasteiger partial charge is 0.368 e. The summed E-state index contributed by atoms with van der Waals surface area (Å²) in [6, 6.07) is 10.6. The van der Waals surface area contributed by atoms with Crippen LogP contribution in [-0.2, 0) is 4.74 Å². The summed E-state index contributed by atoms with van der Waals surface area (Å²) >= 11 is 0. The maximum absolute atomic E-state index is 6.23. The highest BCUT2D eigenvalue weighted by molar-refractivity contribution is 5.26. The van der Waals surface area contributed by atoms with E-state index in [0.29, 0.717) is 0 Å². The van der Waals surface area contributed by atoms with Gasteiger partial charge in [-0.25, -0.2) is 0 Å². The van der Waals surface area contributed by atoms with E-state index in [0.717, 1.165) is 19.3 Å². The van der Waals surface area contributed by atoms with Gasteiger partial charge in [-0.1, -0.05) is 54.1 Å². The van der Waals surface area contributed by atoms with Gasteiger partial charge in [-0.3, -0.25) is 0 Å². The highest BCUT2D eigenvalue weighted by Gasteiger charge is 2.20. The first kappa shape index (κ1) is 14.1. The van der Waals surface area contributed by atoms with E-state index < -0.39 is 0 Å². The molecule has 1 unspecified atom stereocenters. The molecule has 0 bridgehead atoms. The van der Waals surface area contributed by atoms with Gasteiger partial charge in [0.15, 0.2) is 0 Å². The quantitative estimate of drug-likeness (QED) is 0.702. The fourth-order valence-electron chi connectivity index (χ4n) is 2.38. The molecule has 0 aliphatic heterocycles. The fourth-order valence-corrected chi connectivity index (χ4v) is 2.38. The molecule has 102 valence electrons. The lowest BCUT2D eigenvalue weighted by Gasteiger charge is -2.28. The van der Waals surface area contributed by atoms with E-state index in [4.69, 9.17) is 4.74 Å². The molecule has 0 saturated heterocycles. The predicted octanol–water partition coefficient (Wildman–Crippen LogP) is 5.21. The molecular formula is C18H24O. The normalized spacial score (nSPS) is 16.5. The molecule has 0 N–H and O–H groups in total. The summed E-state index contributed by atoms with van der Waals surface area (Å²) in [6.45, 7) is 6.37. The topological polar surface area (TPSA) is 9.23 Å². The van der Waals surface area contributed by atoms with Crippen molar-refractivity contribution < 1.29 is 4.74 Å². The first-order chi connectivity index (χ1) is 9.04. The Balaban J connectivity index is 2.03. The highest BCUT2D eigenvalue weighted by Crippen LogP contribution is 2.30. The van der Waals surface area contributed by atoms with E-state index in [9.17, 15) is 0 Å². The van der Waals surface area contributed by atoms with Gasteiger partial charge in [-0.05, 0) is 45.6 Å². The molecule has 0 saturated carbocycles. The molecule has 0 radical (unpaired) electrons. The van der Waals surface area contributed by atoms with Crippen LogP contribution in [0, 0.1) is 0 Å². The molecule has 1 aliphatic carbocycles. The number of ether oxygens (including phenoxy) is 1. The van der Waals surface area contributed by atoms with E-state index in [1.165, 1.54) is 11.1 Å². The number of allylic oxidation sites excluding steroid dienone is 4. The molecule has 0 aromatic heterocycles. The van der Waals surface area contributed by atoms with Gasteiger partial charge in [0.25, 0.3) is 0 Å². The zero-order chi connectivity index (χ0) is 13.7. The molecule has 19 heavy (non-hydrogen) atoms. The Morgan fingerprint density at radius 1 is 1.16 bits per heavy atom. The SMILES string of the molecule is CC(C)(C)OC(CCC1=CCC=C1)c1ccccc1. The van der Waals surface area contributed by atoms with Gasteiger partial charge in [0.1, 0.15) is 0 Å². The third-order valence-corrected chi connectivity index (χ3v) is 3.21. The molecule has 2 rings (SSSR count). The van der Waals surface area contributed by atoms with Gasteiger partial charge >= 0.3 is 0 Å². The summed E-state index contributed by atoms with van der Waals surface area (Å²) < 4.78 is 6.23. The van der Waals surface area contributed by atoms with Crippen molar-refractivity contribution in [3.05, 3.63) is 59.7 Å². The van der Waals surface area contributed by atoms with Gasteiger partial charge in [0.2, 0.25) is 0 Å². The maximum Gasteiger partial charge on any atom is 0.0835 e. The Labute approximate surface area is 117 Å². The second kappa shape index (κ2) is 6.21. The summed E-state index contributed by atoms with van der Waals surface area (Å²) in [4.78, 5) is 0. The molecule has 1 nitrogen and oxygen atoms in total. The van der Waals surface area contributed by atoms with Crippen LogP contribution < -0.4 is 0 Å². The average Bonchev–Trinajstić information content (AvgIpc) is 2.87. The molecule has 1 atom stereocenters. The molecule has 1 heteroatoms. The van der Waals surface area contributed by atoms with E-state index >= 15 is 0 Å². The first-order valence-electron chi connectivity index (χ1n) is 7.13. The number of hydrogen-bond acceptors (Lipinski definition) is 1. The van der Waals surface area contributed by atoms with Crippen molar-refractivity contribution in [1.29, 1.82) is 0 Å². The lowest BCUT2D eigenvalue weighted by Crippen LogP contribution is -2.22. The van der Waals surface area contributed by atoms with Gasteiger partial charge in [-0.15, -0.1) is 0 Å². The van der Waals surface area contributed by atoms with Crippen LogP contribution >= 0.6 is 0 Å². The monoisotopic (exact) mass is 256 g/mol. The molecule has 1 aromatic carbocycles. The third kappa shape index (κ3) is 4.68. The molecule has 0 amide bonds. The summed E-state index contributed by atoms with van der Waals surface area (Å²) in [7, 11) is 0. The van der Waals surface area contributed by atoms with E-state index in [-0.39, 0.29) is 11.7 Å². The van der Waals surface area contributed by atoms with Crippen LogP contribution in [0.4, 0.5) is 0 Å². The fraction of sp³-hybridized carbons (Fsp3) is 0.444. The van der Waals surface area contributed by atoms with Gasteiger partial charge in [-0.2, -0.15) is 0 Å². The van der Waals surface area contributed by atoms with Crippen LogP contribution in [-0.4, -0.2) is 5.60 Å². The third-order valence-electron chi connectivity index (χ3n) is 3.21. The smallest absolute Gasteiger partial charge is 0.0835 e. The van der Waals surface area contributed by atoms with E-state index in [1.807, 2.05) is 0 Å². The second-order valence-electron chi connectivity index (χ2n) is 6.09. The lowest BCUT2D eigenvalue weighted by atomic mass is 10.0. The summed E-state index contributed by atoms with van der Waals surface area (Å²) in [5, 5.41) is 0. The first-order valence-corrected chi connectivity index (χ1v) is 7.13. The van der Waals surface area contributed by atoms with Crippen LogP contribution in [0.25, 0.3) is 0 Å². The molecule has 1 aliphatic rings. The number of rotatable bonds is 5. The molecule has 1 aromatic rings. The van der Waals surface area contributed by atoms with Crippen molar-refractivity contribution in [2.45, 2.75) is 51.7 Å². The molecule has 0 heterocycles. The standard InChI is InChI=1S/C18H24O/c1-18(2,3)19-17(16-11-5-4-6-12-16)14-13-15-9-7-8-10-15/h4-7,9-12,17H,8,13-14H2,1-3H3. The van der Waals surface area contributed by atoms with Gasteiger partial charge < -0.3 is 4.74 Å². The van der Waals surface area contributed by atoms with Crippen LogP contribution in [0.5, 0.6) is 0 Å². The minimum Gasteiger partial charge on any atom is -0.368 e. The van der Waals surface area contributed by atoms with Crippen molar-refractivity contribution in [2.24, 2.45) is 0 Å². The minimum atomic E-state index is -0.111. The Bertz CT molecular complexity index is 448. The minimum absolute atomic E-state index is 0.111. The summed E-state index contributed by atoms with van der Waals surface area (Å²) in [6.07, 6.45) is 10.2. The highest BCUT2D eigenvalue weighted by atomic mass is 16.5. The van der Waals surface area contributed by atoms with Crippen molar-refractivity contribution >= 4 is 0 Å². The van der Waals surface area contributed by atoms with Crippen LogP contribution in [0.3, 0.4) is 0 Å². The summed E-state index contributed by atoms with van der Waals surface area (Å²) in [5.74, 6) is 0. The second-order valence-corrected chi connectivity index (χ2v) is 6.09. The summed E-state index contributed by atoms with van der Waals surface area (Å²) in [5.41, 5.74) is 2.61. The van der Waals surface area contributed by atoms with Gasteiger partial charge in [0.05, 0.1) is 11.7 Å². The van der Waals surface area contributed by atoms with Gasteiger partial charge in [0, 0.05) is 0 Å². The Morgan fingerprint density at radius 3 is 2.47 bits per heavy atom. The van der Waals surface area contributed by atoms with Crippen LogP contribution in [0.1, 0.15) is 51.7 Å². The maximum atomic E-state index is 6.23.